The Morgan fingerprint density at radius 2 is 2.00 bits per heavy atom. The number of piperazine rings is 1. The molecule has 0 spiro atoms. The molecule has 28 heavy (non-hydrogen) atoms. The largest absolute Gasteiger partial charge is 0.494 e. The van der Waals surface area contributed by atoms with E-state index in [4.69, 9.17) is 0 Å². The third-order valence-electron chi connectivity index (χ3n) is 5.68. The maximum atomic E-state index is 13.1. The molecule has 1 fully saturated rings. The van der Waals surface area contributed by atoms with Crippen LogP contribution in [0.3, 0.4) is 0 Å². The molecule has 1 aromatic rings. The third-order valence-corrected chi connectivity index (χ3v) is 5.68. The number of aliphatic hydroxyl groups excluding tert-OH is 1. The molecule has 2 aliphatic heterocycles. The summed E-state index contributed by atoms with van der Waals surface area (Å²) in [4.78, 5) is 32.2. The Bertz CT molecular complexity index is 867. The van der Waals surface area contributed by atoms with Crippen LogP contribution in [0.5, 0.6) is 0 Å². The minimum atomic E-state index is -0.601. The highest BCUT2D eigenvalue weighted by molar-refractivity contribution is 6.08. The maximum Gasteiger partial charge on any atom is 0.257 e. The number of nitrogens with zero attached hydrogens (tertiary/aromatic N) is 2. The van der Waals surface area contributed by atoms with Crippen molar-refractivity contribution in [2.24, 2.45) is 5.41 Å². The summed E-state index contributed by atoms with van der Waals surface area (Å²) in [6, 6.07) is 3.65. The van der Waals surface area contributed by atoms with E-state index in [2.05, 4.69) is 15.6 Å². The predicted molar refractivity (Wildman–Crippen MR) is 104 cm³/mol. The molecule has 1 amide bonds. The quantitative estimate of drug-likeness (QED) is 0.531. The molecule has 0 bridgehead atoms. The molecule has 0 aromatic carbocycles. The smallest absolute Gasteiger partial charge is 0.257 e. The van der Waals surface area contributed by atoms with E-state index in [9.17, 15) is 14.7 Å². The van der Waals surface area contributed by atoms with Gasteiger partial charge in [0.15, 0.2) is 11.7 Å². The molecule has 3 heterocycles. The standard InChI is InChI=1S/C21H26N4O3/c1-21(2)10-14-17(15(26)11-21)16(13-4-3-5-23-12-13)18(19(27)24-14)20(28)25-8-6-22-7-9-25/h3-5,12,16,22,28H,6-11H2,1-2H3,(H,24,27). The lowest BCUT2D eigenvalue weighted by Crippen LogP contribution is -2.46. The van der Waals surface area contributed by atoms with E-state index in [0.29, 0.717) is 37.2 Å². The SMILES string of the molecule is CC1(C)CC(=O)C2=C(C1)NC(=O)C(=C(O)N1CCNCC1)C2c1cccnc1. The second-order valence-electron chi connectivity index (χ2n) is 8.48. The number of hydrogen-bond acceptors (Lipinski definition) is 6. The monoisotopic (exact) mass is 382 g/mol. The van der Waals surface area contributed by atoms with Crippen LogP contribution in [0, 0.1) is 5.41 Å². The first-order chi connectivity index (χ1) is 13.4. The van der Waals surface area contributed by atoms with Crippen LogP contribution in [0.4, 0.5) is 0 Å². The zero-order chi connectivity index (χ0) is 19.9. The Labute approximate surface area is 164 Å². The number of hydrogen-bond donors (Lipinski definition) is 3. The van der Waals surface area contributed by atoms with Crippen LogP contribution in [0.2, 0.25) is 0 Å². The molecule has 1 aliphatic carbocycles. The predicted octanol–water partition coefficient (Wildman–Crippen LogP) is 1.61. The molecule has 0 radical (unpaired) electrons. The summed E-state index contributed by atoms with van der Waals surface area (Å²) < 4.78 is 0. The highest BCUT2D eigenvalue weighted by Crippen LogP contribution is 2.46. The summed E-state index contributed by atoms with van der Waals surface area (Å²) in [5, 5.41) is 17.2. The van der Waals surface area contributed by atoms with Gasteiger partial charge in [0, 0.05) is 56.3 Å². The summed E-state index contributed by atoms with van der Waals surface area (Å²) in [6.07, 6.45) is 4.37. The van der Waals surface area contributed by atoms with Crippen molar-refractivity contribution in [1.29, 1.82) is 0 Å². The van der Waals surface area contributed by atoms with Crippen molar-refractivity contribution in [1.82, 2.24) is 20.5 Å². The van der Waals surface area contributed by atoms with E-state index in [1.807, 2.05) is 19.9 Å². The van der Waals surface area contributed by atoms with Gasteiger partial charge in [0.05, 0.1) is 11.5 Å². The van der Waals surface area contributed by atoms with Gasteiger partial charge in [0.2, 0.25) is 0 Å². The van der Waals surface area contributed by atoms with Crippen molar-refractivity contribution in [2.45, 2.75) is 32.6 Å². The van der Waals surface area contributed by atoms with Crippen molar-refractivity contribution in [3.05, 3.63) is 52.8 Å². The molecular formula is C21H26N4O3. The normalized spacial score (nSPS) is 26.6. The molecule has 3 N–H and O–H groups in total. The number of nitrogens with one attached hydrogen (secondary N) is 2. The average molecular weight is 382 g/mol. The lowest BCUT2D eigenvalue weighted by molar-refractivity contribution is -0.120. The van der Waals surface area contributed by atoms with Crippen molar-refractivity contribution >= 4 is 11.7 Å². The van der Waals surface area contributed by atoms with Gasteiger partial charge in [-0.3, -0.25) is 14.6 Å². The van der Waals surface area contributed by atoms with Crippen molar-refractivity contribution in [3.8, 4) is 0 Å². The van der Waals surface area contributed by atoms with E-state index >= 15 is 0 Å². The fourth-order valence-corrected chi connectivity index (χ4v) is 4.42. The molecular weight excluding hydrogens is 356 g/mol. The lowest BCUT2D eigenvalue weighted by atomic mass is 9.68. The first kappa shape index (κ1) is 18.7. The van der Waals surface area contributed by atoms with E-state index in [0.717, 1.165) is 18.7 Å². The number of Topliss-reactive ketones (excluding diaryl/α,β-unsaturated/α-hetero) is 1. The maximum absolute atomic E-state index is 13.1. The summed E-state index contributed by atoms with van der Waals surface area (Å²) in [7, 11) is 0. The number of carbonyl (C=O) groups is 2. The lowest BCUT2D eigenvalue weighted by Gasteiger charge is -2.40. The Morgan fingerprint density at radius 1 is 1.25 bits per heavy atom. The van der Waals surface area contributed by atoms with Crippen LogP contribution in [0.25, 0.3) is 0 Å². The summed E-state index contributed by atoms with van der Waals surface area (Å²) in [5.41, 5.74) is 2.04. The highest BCUT2D eigenvalue weighted by Gasteiger charge is 2.45. The van der Waals surface area contributed by atoms with Crippen LogP contribution >= 0.6 is 0 Å². The van der Waals surface area contributed by atoms with Gasteiger partial charge in [0.25, 0.3) is 5.91 Å². The van der Waals surface area contributed by atoms with Crippen LogP contribution in [0.1, 0.15) is 38.2 Å². The molecule has 148 valence electrons. The highest BCUT2D eigenvalue weighted by atomic mass is 16.3. The van der Waals surface area contributed by atoms with Gasteiger partial charge in [-0.05, 0) is 23.5 Å². The van der Waals surface area contributed by atoms with Crippen LogP contribution < -0.4 is 10.6 Å². The summed E-state index contributed by atoms with van der Waals surface area (Å²) in [6.45, 7) is 6.74. The first-order valence-electron chi connectivity index (χ1n) is 9.74. The van der Waals surface area contributed by atoms with Crippen molar-refractivity contribution < 1.29 is 14.7 Å². The van der Waals surface area contributed by atoms with Crippen molar-refractivity contribution in [2.75, 3.05) is 26.2 Å². The Balaban J connectivity index is 1.88. The number of amides is 1. The fourth-order valence-electron chi connectivity index (χ4n) is 4.42. The number of ketones is 1. The molecule has 1 saturated heterocycles. The number of rotatable bonds is 2. The summed E-state index contributed by atoms with van der Waals surface area (Å²) >= 11 is 0. The molecule has 3 aliphatic rings. The van der Waals surface area contributed by atoms with E-state index in [-0.39, 0.29) is 28.6 Å². The zero-order valence-corrected chi connectivity index (χ0v) is 16.3. The number of aromatic nitrogens is 1. The number of aliphatic hydroxyl groups is 1. The minimum Gasteiger partial charge on any atom is -0.494 e. The van der Waals surface area contributed by atoms with E-state index < -0.39 is 5.92 Å². The molecule has 1 atom stereocenters. The molecule has 7 heteroatoms. The Kier molecular flexibility index (Phi) is 4.71. The van der Waals surface area contributed by atoms with Gasteiger partial charge in [-0.25, -0.2) is 0 Å². The molecule has 4 rings (SSSR count). The van der Waals surface area contributed by atoms with Crippen LogP contribution in [-0.4, -0.2) is 52.9 Å². The van der Waals surface area contributed by atoms with Crippen LogP contribution in [-0.2, 0) is 9.59 Å². The molecule has 0 saturated carbocycles. The van der Waals surface area contributed by atoms with Gasteiger partial charge < -0.3 is 20.6 Å². The molecule has 1 aromatic heterocycles. The van der Waals surface area contributed by atoms with Gasteiger partial charge in [-0.2, -0.15) is 0 Å². The second-order valence-corrected chi connectivity index (χ2v) is 8.48. The van der Waals surface area contributed by atoms with Gasteiger partial charge in [-0.15, -0.1) is 0 Å². The zero-order valence-electron chi connectivity index (χ0n) is 16.3. The third kappa shape index (κ3) is 3.30. The first-order valence-corrected chi connectivity index (χ1v) is 9.74. The molecule has 1 unspecified atom stereocenters. The molecule has 7 nitrogen and oxygen atoms in total. The topological polar surface area (TPSA) is 94.6 Å². The van der Waals surface area contributed by atoms with E-state index in [1.165, 1.54) is 0 Å². The van der Waals surface area contributed by atoms with E-state index in [1.54, 1.807) is 23.4 Å². The second kappa shape index (κ2) is 7.05. The fraction of sp³-hybridized carbons (Fsp3) is 0.476. The minimum absolute atomic E-state index is 0.0192. The van der Waals surface area contributed by atoms with Crippen molar-refractivity contribution in [3.63, 3.8) is 0 Å². The Morgan fingerprint density at radius 3 is 2.68 bits per heavy atom. The number of allylic oxidation sites excluding steroid dienone is 2. The summed E-state index contributed by atoms with van der Waals surface area (Å²) in [5.74, 6) is -0.965. The van der Waals surface area contributed by atoms with Gasteiger partial charge >= 0.3 is 0 Å². The number of pyridine rings is 1. The van der Waals surface area contributed by atoms with Gasteiger partial charge in [0.1, 0.15) is 0 Å². The van der Waals surface area contributed by atoms with Gasteiger partial charge in [-0.1, -0.05) is 19.9 Å². The average Bonchev–Trinajstić information content (AvgIpc) is 2.67. The Hall–Kier alpha value is -2.67. The van der Waals surface area contributed by atoms with Crippen LogP contribution in [0.15, 0.2) is 47.3 Å². The number of carbonyl (C=O) groups excluding carboxylic acids is 2.